The molecular formula is C16H17FN2O2. The fourth-order valence-corrected chi connectivity index (χ4v) is 1.98. The Morgan fingerprint density at radius 3 is 2.76 bits per heavy atom. The molecule has 0 bridgehead atoms. The van der Waals surface area contributed by atoms with E-state index in [1.54, 1.807) is 6.07 Å². The number of carbonyl (C=O) groups excluding carboxylic acids is 1. The van der Waals surface area contributed by atoms with Gasteiger partial charge >= 0.3 is 0 Å². The number of nitrogen functional groups attached to an aromatic ring is 1. The first-order valence-electron chi connectivity index (χ1n) is 6.48. The minimum absolute atomic E-state index is 0.109. The van der Waals surface area contributed by atoms with Crippen molar-refractivity contribution in [3.8, 4) is 5.75 Å². The summed E-state index contributed by atoms with van der Waals surface area (Å²) in [5, 5.41) is 2.75. The second-order valence-corrected chi connectivity index (χ2v) is 4.66. The van der Waals surface area contributed by atoms with Crippen LogP contribution in [0.5, 0.6) is 5.75 Å². The lowest BCUT2D eigenvalue weighted by Crippen LogP contribution is -2.23. The predicted octanol–water partition coefficient (Wildman–Crippen LogP) is 2.65. The molecule has 0 heterocycles. The normalized spacial score (nSPS) is 10.2. The van der Waals surface area contributed by atoms with E-state index in [1.807, 2.05) is 19.1 Å². The van der Waals surface area contributed by atoms with Gasteiger partial charge in [0.15, 0.2) is 11.6 Å². The summed E-state index contributed by atoms with van der Waals surface area (Å²) >= 11 is 0. The van der Waals surface area contributed by atoms with Crippen LogP contribution in [0.15, 0.2) is 36.4 Å². The van der Waals surface area contributed by atoms with Crippen molar-refractivity contribution in [2.75, 3.05) is 12.8 Å². The molecule has 0 atom stereocenters. The van der Waals surface area contributed by atoms with Crippen LogP contribution in [0.25, 0.3) is 0 Å². The van der Waals surface area contributed by atoms with E-state index < -0.39 is 5.82 Å². The average molecular weight is 288 g/mol. The summed E-state index contributed by atoms with van der Waals surface area (Å²) < 4.78 is 18.4. The van der Waals surface area contributed by atoms with E-state index in [2.05, 4.69) is 5.32 Å². The molecule has 0 saturated carbocycles. The van der Waals surface area contributed by atoms with Gasteiger partial charge in [-0.25, -0.2) is 4.39 Å². The maximum absolute atomic E-state index is 13.6. The van der Waals surface area contributed by atoms with Gasteiger partial charge in [-0.05, 0) is 42.3 Å². The third-order valence-electron chi connectivity index (χ3n) is 3.34. The maximum Gasteiger partial charge on any atom is 0.251 e. The number of nitrogens with one attached hydrogen (secondary N) is 1. The molecule has 21 heavy (non-hydrogen) atoms. The average Bonchev–Trinajstić information content (AvgIpc) is 2.48. The van der Waals surface area contributed by atoms with Crippen molar-refractivity contribution in [2.24, 2.45) is 0 Å². The Balaban J connectivity index is 2.08. The topological polar surface area (TPSA) is 64.3 Å². The van der Waals surface area contributed by atoms with Gasteiger partial charge < -0.3 is 15.8 Å². The monoisotopic (exact) mass is 288 g/mol. The van der Waals surface area contributed by atoms with Crippen LogP contribution in [0.4, 0.5) is 10.1 Å². The Hall–Kier alpha value is -2.56. The molecule has 1 amide bonds. The third-order valence-corrected chi connectivity index (χ3v) is 3.34. The highest BCUT2D eigenvalue weighted by molar-refractivity contribution is 5.94. The molecule has 0 aromatic heterocycles. The lowest BCUT2D eigenvalue weighted by atomic mass is 10.1. The molecule has 0 aliphatic heterocycles. The van der Waals surface area contributed by atoms with E-state index in [0.29, 0.717) is 12.2 Å². The highest BCUT2D eigenvalue weighted by Crippen LogP contribution is 2.18. The van der Waals surface area contributed by atoms with Crippen LogP contribution in [0, 0.1) is 12.7 Å². The fourth-order valence-electron chi connectivity index (χ4n) is 1.98. The molecule has 4 nitrogen and oxygen atoms in total. The summed E-state index contributed by atoms with van der Waals surface area (Å²) in [5.41, 5.74) is 8.59. The largest absolute Gasteiger partial charge is 0.494 e. The van der Waals surface area contributed by atoms with Gasteiger partial charge in [0, 0.05) is 17.8 Å². The van der Waals surface area contributed by atoms with E-state index in [0.717, 1.165) is 17.2 Å². The number of carbonyl (C=O) groups is 1. The highest BCUT2D eigenvalue weighted by atomic mass is 19.1. The summed E-state index contributed by atoms with van der Waals surface area (Å²) in [6, 6.07) is 9.62. The molecule has 0 spiro atoms. The van der Waals surface area contributed by atoms with Crippen LogP contribution < -0.4 is 15.8 Å². The molecule has 110 valence electrons. The van der Waals surface area contributed by atoms with Gasteiger partial charge in [0.05, 0.1) is 7.11 Å². The summed E-state index contributed by atoms with van der Waals surface area (Å²) in [4.78, 5) is 12.0. The first-order chi connectivity index (χ1) is 10.0. The van der Waals surface area contributed by atoms with E-state index >= 15 is 0 Å². The number of amides is 1. The van der Waals surface area contributed by atoms with Crippen LogP contribution in [0.1, 0.15) is 21.5 Å². The van der Waals surface area contributed by atoms with Gasteiger partial charge in [-0.2, -0.15) is 0 Å². The van der Waals surface area contributed by atoms with E-state index in [1.165, 1.54) is 19.2 Å². The molecule has 3 N–H and O–H groups in total. The number of hydrogen-bond acceptors (Lipinski definition) is 3. The first kappa shape index (κ1) is 14.8. The van der Waals surface area contributed by atoms with E-state index in [-0.39, 0.29) is 17.2 Å². The van der Waals surface area contributed by atoms with Gasteiger partial charge in [0.2, 0.25) is 0 Å². The van der Waals surface area contributed by atoms with Gasteiger partial charge in [-0.1, -0.05) is 12.1 Å². The Kier molecular flexibility index (Phi) is 4.42. The van der Waals surface area contributed by atoms with Crippen molar-refractivity contribution in [3.05, 3.63) is 58.9 Å². The highest BCUT2D eigenvalue weighted by Gasteiger charge is 2.10. The smallest absolute Gasteiger partial charge is 0.251 e. The molecule has 0 aliphatic carbocycles. The van der Waals surface area contributed by atoms with E-state index in [4.69, 9.17) is 10.5 Å². The Labute approximate surface area is 122 Å². The lowest BCUT2D eigenvalue weighted by molar-refractivity contribution is 0.0950. The molecule has 2 rings (SSSR count). The Morgan fingerprint density at radius 1 is 1.33 bits per heavy atom. The zero-order valence-electron chi connectivity index (χ0n) is 11.9. The Bertz CT molecular complexity index is 671. The summed E-state index contributed by atoms with van der Waals surface area (Å²) in [6.45, 7) is 2.23. The number of hydrogen-bond donors (Lipinski definition) is 2. The van der Waals surface area contributed by atoms with E-state index in [9.17, 15) is 9.18 Å². The molecule has 0 fully saturated rings. The number of methoxy groups -OCH3 is 1. The van der Waals surface area contributed by atoms with Crippen LogP contribution in [-0.4, -0.2) is 13.0 Å². The van der Waals surface area contributed by atoms with Gasteiger partial charge in [-0.15, -0.1) is 0 Å². The third kappa shape index (κ3) is 3.31. The first-order valence-corrected chi connectivity index (χ1v) is 6.48. The summed E-state index contributed by atoms with van der Waals surface area (Å²) in [7, 11) is 1.38. The summed E-state index contributed by atoms with van der Waals surface area (Å²) in [5.74, 6) is -0.804. The van der Waals surface area contributed by atoms with Crippen LogP contribution in [-0.2, 0) is 6.54 Å². The number of halogens is 1. The van der Waals surface area contributed by atoms with Crippen molar-refractivity contribution in [1.82, 2.24) is 5.32 Å². The molecular weight excluding hydrogens is 271 g/mol. The van der Waals surface area contributed by atoms with Crippen molar-refractivity contribution >= 4 is 11.6 Å². The second kappa shape index (κ2) is 6.26. The van der Waals surface area contributed by atoms with Crippen LogP contribution in [0.2, 0.25) is 0 Å². The fraction of sp³-hybridized carbons (Fsp3) is 0.188. The number of benzene rings is 2. The SMILES string of the molecule is COc1ccc(C(=O)NCc2cccc(N)c2C)cc1F. The van der Waals surface area contributed by atoms with Crippen molar-refractivity contribution in [3.63, 3.8) is 0 Å². The van der Waals surface area contributed by atoms with Gasteiger partial charge in [0.1, 0.15) is 0 Å². The van der Waals surface area contributed by atoms with Crippen molar-refractivity contribution in [2.45, 2.75) is 13.5 Å². The minimum Gasteiger partial charge on any atom is -0.494 e. The standard InChI is InChI=1S/C16H17FN2O2/c1-10-12(4-3-5-14(10)18)9-19-16(20)11-6-7-15(21-2)13(17)8-11/h3-8H,9,18H2,1-2H3,(H,19,20). The molecule has 0 aliphatic rings. The maximum atomic E-state index is 13.6. The molecule has 0 saturated heterocycles. The quantitative estimate of drug-likeness (QED) is 0.850. The van der Waals surface area contributed by atoms with Crippen LogP contribution in [0.3, 0.4) is 0 Å². The molecule has 0 radical (unpaired) electrons. The number of nitrogens with two attached hydrogens (primary N) is 1. The molecule has 2 aromatic carbocycles. The zero-order chi connectivity index (χ0) is 15.4. The van der Waals surface area contributed by atoms with Crippen molar-refractivity contribution < 1.29 is 13.9 Å². The Morgan fingerprint density at radius 2 is 2.10 bits per heavy atom. The van der Waals surface area contributed by atoms with Crippen LogP contribution >= 0.6 is 0 Å². The number of anilines is 1. The van der Waals surface area contributed by atoms with Gasteiger partial charge in [-0.3, -0.25) is 4.79 Å². The van der Waals surface area contributed by atoms with Crippen molar-refractivity contribution in [1.29, 1.82) is 0 Å². The molecule has 0 unspecified atom stereocenters. The lowest BCUT2D eigenvalue weighted by Gasteiger charge is -2.10. The van der Waals surface area contributed by atoms with Gasteiger partial charge in [0.25, 0.3) is 5.91 Å². The molecule has 2 aromatic rings. The minimum atomic E-state index is -0.565. The predicted molar refractivity (Wildman–Crippen MR) is 79.7 cm³/mol. The second-order valence-electron chi connectivity index (χ2n) is 4.66. The summed E-state index contributed by atoms with van der Waals surface area (Å²) in [6.07, 6.45) is 0. The zero-order valence-corrected chi connectivity index (χ0v) is 11.9. The number of rotatable bonds is 4. The molecule has 5 heteroatoms. The number of ether oxygens (including phenoxy) is 1.